The van der Waals surface area contributed by atoms with Crippen molar-refractivity contribution in [3.8, 4) is 22.6 Å². The van der Waals surface area contributed by atoms with Gasteiger partial charge in [0.05, 0.1) is 40.5 Å². The normalized spacial score (nSPS) is 14.4. The Balaban J connectivity index is 1.30. The van der Waals surface area contributed by atoms with Crippen LogP contribution in [0.3, 0.4) is 0 Å². The number of halogens is 1. The van der Waals surface area contributed by atoms with Gasteiger partial charge in [0.1, 0.15) is 5.82 Å². The summed E-state index contributed by atoms with van der Waals surface area (Å²) in [5.74, 6) is -0.0913. The van der Waals surface area contributed by atoms with Gasteiger partial charge >= 0.3 is 0 Å². The van der Waals surface area contributed by atoms with E-state index in [4.69, 9.17) is 5.73 Å². The number of nitrogens with two attached hydrogens (primary N) is 1. The van der Waals surface area contributed by atoms with Crippen LogP contribution in [0.5, 0.6) is 0 Å². The zero-order valence-corrected chi connectivity index (χ0v) is 18.2. The van der Waals surface area contributed by atoms with Gasteiger partial charge in [-0.25, -0.2) is 19.3 Å². The van der Waals surface area contributed by atoms with Gasteiger partial charge in [0.15, 0.2) is 0 Å². The number of anilines is 1. The van der Waals surface area contributed by atoms with Gasteiger partial charge in [0.25, 0.3) is 0 Å². The molecule has 9 heteroatoms. The molecule has 5 aromatic rings. The summed E-state index contributed by atoms with van der Waals surface area (Å²) < 4.78 is 15.7. The number of para-hydroxylation sites is 1. The van der Waals surface area contributed by atoms with Crippen molar-refractivity contribution in [1.29, 1.82) is 0 Å². The fourth-order valence-electron chi connectivity index (χ4n) is 4.48. The molecule has 1 aliphatic rings. The van der Waals surface area contributed by atoms with Crippen molar-refractivity contribution in [1.82, 2.24) is 34.4 Å². The molecule has 3 aromatic heterocycles. The van der Waals surface area contributed by atoms with Gasteiger partial charge in [-0.05, 0) is 42.0 Å². The van der Waals surface area contributed by atoms with E-state index in [9.17, 15) is 4.39 Å². The van der Waals surface area contributed by atoms with Crippen LogP contribution in [0.4, 0.5) is 10.3 Å². The third-order valence-electron chi connectivity index (χ3n) is 6.14. The van der Waals surface area contributed by atoms with Crippen LogP contribution >= 0.6 is 0 Å². The van der Waals surface area contributed by atoms with Crippen molar-refractivity contribution in [3.05, 3.63) is 84.8 Å². The van der Waals surface area contributed by atoms with E-state index in [-0.39, 0.29) is 17.8 Å². The lowest BCUT2D eigenvalue weighted by Crippen LogP contribution is -2.47. The molecule has 2 aromatic carbocycles. The topological polar surface area (TPSA) is 98.6 Å². The summed E-state index contributed by atoms with van der Waals surface area (Å²) in [6.45, 7) is 2.49. The van der Waals surface area contributed by atoms with E-state index >= 15 is 0 Å². The molecule has 168 valence electrons. The summed E-state index contributed by atoms with van der Waals surface area (Å²) in [5, 5.41) is 0. The van der Waals surface area contributed by atoms with E-state index in [1.165, 1.54) is 12.1 Å². The van der Waals surface area contributed by atoms with Gasteiger partial charge in [-0.1, -0.05) is 12.1 Å². The average molecular weight is 452 g/mol. The first kappa shape index (κ1) is 20.4. The average Bonchev–Trinajstić information content (AvgIpc) is 3.26. The summed E-state index contributed by atoms with van der Waals surface area (Å²) in [6.07, 6.45) is 6.91. The van der Waals surface area contributed by atoms with Crippen LogP contribution in [0.15, 0.2) is 73.4 Å². The van der Waals surface area contributed by atoms with Gasteiger partial charge < -0.3 is 10.3 Å². The molecule has 0 atom stereocenters. The van der Waals surface area contributed by atoms with Crippen molar-refractivity contribution < 1.29 is 4.39 Å². The summed E-state index contributed by atoms with van der Waals surface area (Å²) in [5.41, 5.74) is 12.0. The molecule has 4 heterocycles. The zero-order valence-electron chi connectivity index (χ0n) is 18.2. The van der Waals surface area contributed by atoms with Crippen molar-refractivity contribution >= 4 is 17.0 Å². The van der Waals surface area contributed by atoms with Gasteiger partial charge in [0.2, 0.25) is 5.95 Å². The molecule has 34 heavy (non-hydrogen) atoms. The Kier molecular flexibility index (Phi) is 4.96. The van der Waals surface area contributed by atoms with E-state index in [0.29, 0.717) is 5.69 Å². The third kappa shape index (κ3) is 3.65. The summed E-state index contributed by atoms with van der Waals surface area (Å²) in [7, 11) is 0. The Labute approximate surface area is 195 Å². The Morgan fingerprint density at radius 1 is 0.912 bits per heavy atom. The smallest absolute Gasteiger partial charge is 0.220 e. The fourth-order valence-corrected chi connectivity index (χ4v) is 4.48. The molecular weight excluding hydrogens is 431 g/mol. The molecule has 0 unspecified atom stereocenters. The summed E-state index contributed by atoms with van der Waals surface area (Å²) in [4.78, 5) is 24.4. The maximum Gasteiger partial charge on any atom is 0.220 e. The molecule has 1 aliphatic heterocycles. The molecule has 0 amide bonds. The van der Waals surface area contributed by atoms with Crippen LogP contribution in [0.1, 0.15) is 11.6 Å². The molecule has 0 aliphatic carbocycles. The molecule has 0 saturated carbocycles. The maximum atomic E-state index is 13.5. The minimum absolute atomic E-state index is 0.197. The predicted molar refractivity (Wildman–Crippen MR) is 127 cm³/mol. The second-order valence-corrected chi connectivity index (χ2v) is 8.35. The van der Waals surface area contributed by atoms with Crippen molar-refractivity contribution in [2.24, 2.45) is 0 Å². The molecule has 1 saturated heterocycles. The lowest BCUT2D eigenvalue weighted by molar-refractivity contribution is 0.100. The lowest BCUT2D eigenvalue weighted by atomic mass is 10.0. The third-order valence-corrected chi connectivity index (χ3v) is 6.14. The standard InChI is InChI=1S/C25H21FN8/c26-18-6-4-16(5-7-18)23-24(21-8-9-30-25(27)32-21)34(15-31-23)19-13-33(14-19)12-17-2-1-3-20-22(17)29-11-10-28-20/h1-11,15,19H,12-14H2,(H2,27,30,32). The van der Waals surface area contributed by atoms with E-state index in [2.05, 4.69) is 40.5 Å². The molecule has 8 nitrogen and oxygen atoms in total. The summed E-state index contributed by atoms with van der Waals surface area (Å²) >= 11 is 0. The number of nitrogen functional groups attached to an aromatic ring is 1. The number of benzene rings is 2. The predicted octanol–water partition coefficient (Wildman–Crippen LogP) is 3.73. The maximum absolute atomic E-state index is 13.5. The quantitative estimate of drug-likeness (QED) is 0.434. The number of likely N-dealkylation sites (tertiary alicyclic amines) is 1. The first-order valence-electron chi connectivity index (χ1n) is 11.0. The van der Waals surface area contributed by atoms with E-state index in [1.807, 2.05) is 24.5 Å². The molecule has 0 spiro atoms. The van der Waals surface area contributed by atoms with Crippen LogP contribution in [-0.2, 0) is 6.54 Å². The Morgan fingerprint density at radius 3 is 2.56 bits per heavy atom. The van der Waals surface area contributed by atoms with Crippen molar-refractivity contribution in [3.63, 3.8) is 0 Å². The first-order chi connectivity index (χ1) is 16.7. The Bertz CT molecular complexity index is 1470. The number of rotatable bonds is 5. The highest BCUT2D eigenvalue weighted by Gasteiger charge is 2.32. The molecule has 0 bridgehead atoms. The number of nitrogens with zero attached hydrogens (tertiary/aromatic N) is 7. The molecule has 6 rings (SSSR count). The highest BCUT2D eigenvalue weighted by Crippen LogP contribution is 2.35. The second-order valence-electron chi connectivity index (χ2n) is 8.35. The van der Waals surface area contributed by atoms with Gasteiger partial charge in [-0.15, -0.1) is 0 Å². The first-order valence-corrected chi connectivity index (χ1v) is 11.0. The minimum atomic E-state index is -0.288. The fraction of sp³-hybridized carbons (Fsp3) is 0.160. The monoisotopic (exact) mass is 452 g/mol. The Hall–Kier alpha value is -4.24. The molecule has 1 fully saturated rings. The number of imidazole rings is 1. The number of fused-ring (bicyclic) bond motifs is 1. The van der Waals surface area contributed by atoms with E-state index in [1.54, 1.807) is 30.7 Å². The van der Waals surface area contributed by atoms with E-state index < -0.39 is 0 Å². The minimum Gasteiger partial charge on any atom is -0.368 e. The van der Waals surface area contributed by atoms with Gasteiger partial charge in [-0.2, -0.15) is 0 Å². The number of hydrogen-bond donors (Lipinski definition) is 1. The zero-order chi connectivity index (χ0) is 23.1. The van der Waals surface area contributed by atoms with Crippen LogP contribution in [0.25, 0.3) is 33.7 Å². The second kappa shape index (κ2) is 8.27. The van der Waals surface area contributed by atoms with Crippen LogP contribution < -0.4 is 5.73 Å². The molecule has 2 N–H and O–H groups in total. The molecule has 0 radical (unpaired) electrons. The summed E-state index contributed by atoms with van der Waals surface area (Å²) in [6, 6.07) is 14.5. The largest absolute Gasteiger partial charge is 0.368 e. The van der Waals surface area contributed by atoms with Crippen molar-refractivity contribution in [2.75, 3.05) is 18.8 Å². The van der Waals surface area contributed by atoms with Crippen LogP contribution in [-0.4, -0.2) is 47.5 Å². The SMILES string of the molecule is Nc1nccc(-c2c(-c3ccc(F)cc3)ncn2C2CN(Cc3cccc4nccnc34)C2)n1. The van der Waals surface area contributed by atoms with Gasteiger partial charge in [-0.3, -0.25) is 14.9 Å². The Morgan fingerprint density at radius 2 is 1.74 bits per heavy atom. The lowest BCUT2D eigenvalue weighted by Gasteiger charge is -2.40. The number of aromatic nitrogens is 6. The number of hydrogen-bond acceptors (Lipinski definition) is 7. The van der Waals surface area contributed by atoms with Crippen molar-refractivity contribution in [2.45, 2.75) is 12.6 Å². The van der Waals surface area contributed by atoms with Crippen LogP contribution in [0, 0.1) is 5.82 Å². The molecular formula is C25H21FN8. The van der Waals surface area contributed by atoms with Crippen LogP contribution in [0.2, 0.25) is 0 Å². The highest BCUT2D eigenvalue weighted by molar-refractivity contribution is 5.78. The van der Waals surface area contributed by atoms with Gasteiger partial charge in [0, 0.05) is 43.8 Å². The highest BCUT2D eigenvalue weighted by atomic mass is 19.1. The van der Waals surface area contributed by atoms with E-state index in [0.717, 1.165) is 53.2 Å².